The molecule has 0 saturated carbocycles. The molecule has 0 aliphatic carbocycles. The van der Waals surface area contributed by atoms with Crippen LogP contribution in [0.25, 0.3) is 11.4 Å². The van der Waals surface area contributed by atoms with E-state index < -0.39 is 0 Å². The summed E-state index contributed by atoms with van der Waals surface area (Å²) >= 11 is 0. The van der Waals surface area contributed by atoms with Crippen LogP contribution in [-0.2, 0) is 0 Å². The molecule has 22 heavy (non-hydrogen) atoms. The number of nitrogens with zero attached hydrogens (tertiary/aromatic N) is 2. The first kappa shape index (κ1) is 16.5. The maximum atomic E-state index is 12.3. The molecule has 0 radical (unpaired) electrons. The fraction of sp³-hybridized carbons (Fsp3) is 0.400. The Labute approximate surface area is 135 Å². The highest BCUT2D eigenvalue weighted by atomic mass is 35.5. The Bertz CT molecular complexity index is 601. The van der Waals surface area contributed by atoms with Crippen LogP contribution in [0.1, 0.15) is 23.7 Å². The normalized spacial score (nSPS) is 21.0. The first-order valence-electron chi connectivity index (χ1n) is 7.12. The van der Waals surface area contributed by atoms with E-state index in [0.717, 1.165) is 25.1 Å². The molecular formula is C15H19ClN4O2. The van der Waals surface area contributed by atoms with E-state index >= 15 is 0 Å². The molecule has 2 N–H and O–H groups in total. The lowest BCUT2D eigenvalue weighted by Crippen LogP contribution is -2.50. The van der Waals surface area contributed by atoms with E-state index in [4.69, 9.17) is 4.52 Å². The monoisotopic (exact) mass is 322 g/mol. The number of halogens is 1. The number of rotatable bonds is 3. The van der Waals surface area contributed by atoms with Crippen LogP contribution in [0, 0.1) is 5.92 Å². The van der Waals surface area contributed by atoms with Crippen molar-refractivity contribution in [2.45, 2.75) is 19.4 Å². The number of benzene rings is 1. The van der Waals surface area contributed by atoms with Crippen molar-refractivity contribution >= 4 is 18.3 Å². The lowest BCUT2D eigenvalue weighted by molar-refractivity contribution is 0.0915. The number of carbonyl (C=O) groups is 1. The Morgan fingerprint density at radius 3 is 2.77 bits per heavy atom. The molecule has 1 aromatic heterocycles. The van der Waals surface area contributed by atoms with Crippen LogP contribution in [0.5, 0.6) is 0 Å². The fourth-order valence-corrected chi connectivity index (χ4v) is 2.50. The number of piperidine rings is 1. The Morgan fingerprint density at radius 2 is 2.14 bits per heavy atom. The largest absolute Gasteiger partial charge is 0.348 e. The number of amides is 1. The molecule has 1 aliphatic rings. The Kier molecular flexibility index (Phi) is 5.51. The van der Waals surface area contributed by atoms with E-state index in [1.165, 1.54) is 6.39 Å². The number of aromatic nitrogens is 2. The van der Waals surface area contributed by atoms with E-state index in [1.54, 1.807) is 12.1 Å². The molecule has 1 aromatic carbocycles. The van der Waals surface area contributed by atoms with Gasteiger partial charge in [-0.3, -0.25) is 4.79 Å². The smallest absolute Gasteiger partial charge is 0.251 e. The lowest BCUT2D eigenvalue weighted by Gasteiger charge is -2.30. The number of hydrogen-bond acceptors (Lipinski definition) is 5. The molecule has 2 unspecified atom stereocenters. The van der Waals surface area contributed by atoms with Gasteiger partial charge in [0.2, 0.25) is 12.2 Å². The highest BCUT2D eigenvalue weighted by Gasteiger charge is 2.23. The summed E-state index contributed by atoms with van der Waals surface area (Å²) in [5, 5.41) is 10.2. The summed E-state index contributed by atoms with van der Waals surface area (Å²) in [6.45, 7) is 4.02. The molecule has 2 heterocycles. The minimum absolute atomic E-state index is 0. The average molecular weight is 323 g/mol. The highest BCUT2D eigenvalue weighted by molar-refractivity contribution is 5.94. The van der Waals surface area contributed by atoms with Gasteiger partial charge in [0.1, 0.15) is 0 Å². The molecule has 1 aliphatic heterocycles. The molecule has 1 fully saturated rings. The zero-order valence-electron chi connectivity index (χ0n) is 12.3. The molecule has 6 nitrogen and oxygen atoms in total. The fourth-order valence-electron chi connectivity index (χ4n) is 2.50. The van der Waals surface area contributed by atoms with Crippen LogP contribution >= 0.6 is 12.4 Å². The van der Waals surface area contributed by atoms with E-state index in [2.05, 4.69) is 27.7 Å². The summed E-state index contributed by atoms with van der Waals surface area (Å²) in [4.78, 5) is 16.2. The summed E-state index contributed by atoms with van der Waals surface area (Å²) < 4.78 is 4.71. The molecule has 2 aromatic rings. The van der Waals surface area contributed by atoms with Crippen molar-refractivity contribution in [2.75, 3.05) is 13.1 Å². The minimum Gasteiger partial charge on any atom is -0.348 e. The van der Waals surface area contributed by atoms with Gasteiger partial charge in [-0.05, 0) is 31.0 Å². The highest BCUT2D eigenvalue weighted by Crippen LogP contribution is 2.16. The molecule has 0 bridgehead atoms. The van der Waals surface area contributed by atoms with Gasteiger partial charge < -0.3 is 15.2 Å². The van der Waals surface area contributed by atoms with E-state index in [0.29, 0.717) is 17.3 Å². The molecule has 7 heteroatoms. The standard InChI is InChI=1S/C15H18N4O2.ClH/c1-10-6-7-16-8-13(10)18-15(20)12-4-2-11(3-5-12)14-17-9-21-19-14;/h2-5,9-10,13,16H,6-8H2,1H3,(H,18,20);1H. The van der Waals surface area contributed by atoms with E-state index in [-0.39, 0.29) is 24.4 Å². The summed E-state index contributed by atoms with van der Waals surface area (Å²) in [5.41, 5.74) is 1.47. The molecule has 2 atom stereocenters. The summed E-state index contributed by atoms with van der Waals surface area (Å²) in [5.74, 6) is 0.969. The molecule has 0 spiro atoms. The van der Waals surface area contributed by atoms with Crippen molar-refractivity contribution in [1.29, 1.82) is 0 Å². The van der Waals surface area contributed by atoms with Gasteiger partial charge in [0, 0.05) is 23.7 Å². The van der Waals surface area contributed by atoms with Gasteiger partial charge in [-0.2, -0.15) is 4.98 Å². The zero-order chi connectivity index (χ0) is 14.7. The topological polar surface area (TPSA) is 80.0 Å². The summed E-state index contributed by atoms with van der Waals surface area (Å²) in [6.07, 6.45) is 2.37. The quantitative estimate of drug-likeness (QED) is 0.902. The van der Waals surface area contributed by atoms with Crippen LogP contribution in [0.3, 0.4) is 0 Å². The summed E-state index contributed by atoms with van der Waals surface area (Å²) in [7, 11) is 0. The second-order valence-corrected chi connectivity index (χ2v) is 5.38. The minimum atomic E-state index is -0.0461. The van der Waals surface area contributed by atoms with Gasteiger partial charge in [-0.25, -0.2) is 0 Å². The van der Waals surface area contributed by atoms with Crippen molar-refractivity contribution in [3.63, 3.8) is 0 Å². The molecular weight excluding hydrogens is 304 g/mol. The van der Waals surface area contributed by atoms with Crippen molar-refractivity contribution in [1.82, 2.24) is 20.8 Å². The maximum absolute atomic E-state index is 12.3. The summed E-state index contributed by atoms with van der Waals surface area (Å²) in [6, 6.07) is 7.39. The SMILES string of the molecule is CC1CCNCC1NC(=O)c1ccc(-c2ncon2)cc1.Cl. The van der Waals surface area contributed by atoms with Crippen molar-refractivity contribution in [3.8, 4) is 11.4 Å². The third kappa shape index (κ3) is 3.64. The van der Waals surface area contributed by atoms with Crippen LogP contribution in [0.4, 0.5) is 0 Å². The van der Waals surface area contributed by atoms with Crippen LogP contribution in [0.2, 0.25) is 0 Å². The molecule has 1 saturated heterocycles. The first-order valence-corrected chi connectivity index (χ1v) is 7.12. The van der Waals surface area contributed by atoms with Gasteiger partial charge in [0.15, 0.2) is 0 Å². The first-order chi connectivity index (χ1) is 10.2. The average Bonchev–Trinajstić information content (AvgIpc) is 3.04. The van der Waals surface area contributed by atoms with Gasteiger partial charge in [-0.15, -0.1) is 12.4 Å². The molecule has 3 rings (SSSR count). The number of carbonyl (C=O) groups excluding carboxylic acids is 1. The van der Waals surface area contributed by atoms with Crippen LogP contribution < -0.4 is 10.6 Å². The number of hydrogen-bond donors (Lipinski definition) is 2. The Morgan fingerprint density at radius 1 is 1.36 bits per heavy atom. The Hall–Kier alpha value is -1.92. The van der Waals surface area contributed by atoms with Crippen molar-refractivity contribution < 1.29 is 9.32 Å². The predicted molar refractivity (Wildman–Crippen MR) is 84.9 cm³/mol. The second kappa shape index (κ2) is 7.38. The van der Waals surface area contributed by atoms with Gasteiger partial charge in [0.25, 0.3) is 5.91 Å². The third-order valence-electron chi connectivity index (χ3n) is 3.91. The zero-order valence-corrected chi connectivity index (χ0v) is 13.1. The number of nitrogens with one attached hydrogen (secondary N) is 2. The van der Waals surface area contributed by atoms with Crippen molar-refractivity contribution in [3.05, 3.63) is 36.2 Å². The van der Waals surface area contributed by atoms with Crippen LogP contribution in [0.15, 0.2) is 35.2 Å². The van der Waals surface area contributed by atoms with Gasteiger partial charge in [0.05, 0.1) is 0 Å². The Balaban J connectivity index is 0.00000176. The second-order valence-electron chi connectivity index (χ2n) is 5.38. The molecule has 1 amide bonds. The molecule has 118 valence electrons. The maximum Gasteiger partial charge on any atom is 0.251 e. The predicted octanol–water partition coefficient (Wildman–Crippen LogP) is 1.89. The third-order valence-corrected chi connectivity index (χ3v) is 3.91. The van der Waals surface area contributed by atoms with E-state index in [9.17, 15) is 4.79 Å². The van der Waals surface area contributed by atoms with Crippen LogP contribution in [-0.4, -0.2) is 35.2 Å². The van der Waals surface area contributed by atoms with Gasteiger partial charge >= 0.3 is 0 Å². The van der Waals surface area contributed by atoms with Crippen molar-refractivity contribution in [2.24, 2.45) is 5.92 Å². The van der Waals surface area contributed by atoms with Gasteiger partial charge in [-0.1, -0.05) is 24.2 Å². The van der Waals surface area contributed by atoms with E-state index in [1.807, 2.05) is 12.1 Å². The lowest BCUT2D eigenvalue weighted by atomic mass is 9.94.